The third-order valence-corrected chi connectivity index (χ3v) is 4.95. The Balaban J connectivity index is 3.29. The number of hydrogen-bond acceptors (Lipinski definition) is 5. The molecular formula is C17H35NO4P+. The monoisotopic (exact) mass is 348 g/mol. The van der Waals surface area contributed by atoms with Crippen molar-refractivity contribution in [1.82, 2.24) is 0 Å². The standard InChI is InChI=1S/C17H35NO4P/c1-2-3-4-5-6-7-8-9-10-11-12-13-14-23(21)22-17(20)16(18)15-19/h16,19H,2-15,18H2,1H3/q+1/t16-/m0/s1. The van der Waals surface area contributed by atoms with Crippen molar-refractivity contribution in [3.05, 3.63) is 0 Å². The predicted molar refractivity (Wildman–Crippen MR) is 94.7 cm³/mol. The number of aliphatic hydroxyl groups is 1. The first-order valence-corrected chi connectivity index (χ1v) is 10.5. The molecule has 0 heterocycles. The van der Waals surface area contributed by atoms with Gasteiger partial charge >= 0.3 is 14.0 Å². The minimum atomic E-state index is -1.99. The first kappa shape index (κ1) is 22.5. The molecule has 1 unspecified atom stereocenters. The quantitative estimate of drug-likeness (QED) is 0.321. The second-order valence-electron chi connectivity index (χ2n) is 6.14. The third-order valence-electron chi connectivity index (χ3n) is 3.89. The molecule has 136 valence electrons. The Morgan fingerprint density at radius 2 is 1.39 bits per heavy atom. The molecule has 0 aromatic rings. The van der Waals surface area contributed by atoms with Gasteiger partial charge in [0.2, 0.25) is 0 Å². The summed E-state index contributed by atoms with van der Waals surface area (Å²) in [5, 5.41) is 8.69. The largest absolute Gasteiger partial charge is 0.559 e. The molecular weight excluding hydrogens is 313 g/mol. The second kappa shape index (κ2) is 16.4. The SMILES string of the molecule is CCCCCCCCCCCCCC[P+](=O)OC(=O)[C@@H](N)CO. The van der Waals surface area contributed by atoms with E-state index in [1.54, 1.807) is 0 Å². The molecule has 0 amide bonds. The zero-order chi connectivity index (χ0) is 17.3. The highest BCUT2D eigenvalue weighted by atomic mass is 31.1. The molecule has 0 rings (SSSR count). The zero-order valence-corrected chi connectivity index (χ0v) is 15.6. The summed E-state index contributed by atoms with van der Waals surface area (Å²) in [6.45, 7) is 1.75. The molecule has 0 radical (unpaired) electrons. The summed E-state index contributed by atoms with van der Waals surface area (Å²) in [6.07, 6.45) is 15.3. The maximum absolute atomic E-state index is 11.5. The fourth-order valence-electron chi connectivity index (χ4n) is 2.37. The van der Waals surface area contributed by atoms with Crippen LogP contribution in [0.25, 0.3) is 0 Å². The van der Waals surface area contributed by atoms with Crippen molar-refractivity contribution in [2.75, 3.05) is 12.8 Å². The van der Waals surface area contributed by atoms with Crippen LogP contribution >= 0.6 is 8.03 Å². The second-order valence-corrected chi connectivity index (χ2v) is 7.44. The van der Waals surface area contributed by atoms with Gasteiger partial charge in [0.25, 0.3) is 0 Å². The van der Waals surface area contributed by atoms with Gasteiger partial charge in [-0.15, -0.1) is 0 Å². The molecule has 0 spiro atoms. The smallest absolute Gasteiger partial charge is 0.394 e. The van der Waals surface area contributed by atoms with Gasteiger partial charge in [-0.25, -0.2) is 9.32 Å². The van der Waals surface area contributed by atoms with E-state index in [0.29, 0.717) is 6.16 Å². The van der Waals surface area contributed by atoms with Crippen molar-refractivity contribution >= 4 is 14.0 Å². The Kier molecular flexibility index (Phi) is 16.0. The van der Waals surface area contributed by atoms with Crippen molar-refractivity contribution < 1.29 is 19.0 Å². The van der Waals surface area contributed by atoms with Gasteiger partial charge in [0.15, 0.2) is 6.16 Å². The van der Waals surface area contributed by atoms with Gasteiger partial charge in [-0.1, -0.05) is 71.1 Å². The number of rotatable bonds is 16. The number of carbonyl (C=O) groups excluding carboxylic acids is 1. The molecule has 0 saturated heterocycles. The van der Waals surface area contributed by atoms with Gasteiger partial charge in [-0.2, -0.15) is 0 Å². The third kappa shape index (κ3) is 14.8. The minimum Gasteiger partial charge on any atom is -0.394 e. The highest BCUT2D eigenvalue weighted by molar-refractivity contribution is 7.39. The summed E-state index contributed by atoms with van der Waals surface area (Å²) in [4.78, 5) is 11.2. The Morgan fingerprint density at radius 1 is 0.957 bits per heavy atom. The van der Waals surface area contributed by atoms with Gasteiger partial charge in [-0.05, 0) is 17.4 Å². The molecule has 2 atom stereocenters. The van der Waals surface area contributed by atoms with Crippen molar-refractivity contribution in [1.29, 1.82) is 0 Å². The van der Waals surface area contributed by atoms with Crippen LogP contribution in [0.15, 0.2) is 0 Å². The van der Waals surface area contributed by atoms with Gasteiger partial charge in [-0.3, -0.25) is 0 Å². The van der Waals surface area contributed by atoms with E-state index in [2.05, 4.69) is 11.4 Å². The van der Waals surface area contributed by atoms with E-state index in [9.17, 15) is 9.36 Å². The van der Waals surface area contributed by atoms with Crippen molar-refractivity contribution in [2.24, 2.45) is 5.73 Å². The number of carbonyl (C=O) groups is 1. The zero-order valence-electron chi connectivity index (χ0n) is 14.7. The van der Waals surface area contributed by atoms with Crippen LogP contribution in [0.5, 0.6) is 0 Å². The maximum Gasteiger partial charge on any atom is 0.559 e. The fourth-order valence-corrected chi connectivity index (χ4v) is 3.28. The highest BCUT2D eigenvalue weighted by Gasteiger charge is 2.26. The fraction of sp³-hybridized carbons (Fsp3) is 0.941. The van der Waals surface area contributed by atoms with Gasteiger partial charge in [0, 0.05) is 0 Å². The lowest BCUT2D eigenvalue weighted by molar-refractivity contribution is -0.136. The van der Waals surface area contributed by atoms with Crippen LogP contribution in [0.1, 0.15) is 84.0 Å². The molecule has 0 aromatic heterocycles. The van der Waals surface area contributed by atoms with Gasteiger partial charge < -0.3 is 10.8 Å². The van der Waals surface area contributed by atoms with Gasteiger partial charge in [0.05, 0.1) is 6.61 Å². The Morgan fingerprint density at radius 3 is 1.83 bits per heavy atom. The average Bonchev–Trinajstić information content (AvgIpc) is 2.54. The lowest BCUT2D eigenvalue weighted by Gasteiger charge is -2.02. The summed E-state index contributed by atoms with van der Waals surface area (Å²) in [5.74, 6) is -0.785. The first-order valence-electron chi connectivity index (χ1n) is 9.14. The number of hydrogen-bond donors (Lipinski definition) is 2. The molecule has 0 saturated carbocycles. The van der Waals surface area contributed by atoms with Crippen LogP contribution in [-0.2, 0) is 13.9 Å². The first-order chi connectivity index (χ1) is 11.1. The van der Waals surface area contributed by atoms with E-state index in [0.717, 1.165) is 19.3 Å². The van der Waals surface area contributed by atoms with E-state index in [1.807, 2.05) is 0 Å². The molecule has 0 aliphatic carbocycles. The Bertz CT molecular complexity index is 313. The van der Waals surface area contributed by atoms with Crippen LogP contribution in [0, 0.1) is 0 Å². The summed E-state index contributed by atoms with van der Waals surface area (Å²) in [6, 6.07) is -1.09. The maximum atomic E-state index is 11.5. The van der Waals surface area contributed by atoms with E-state index >= 15 is 0 Å². The molecule has 0 bridgehead atoms. The Hall–Kier alpha value is -0.510. The number of nitrogens with two attached hydrogens (primary N) is 1. The molecule has 0 aliphatic heterocycles. The Labute approximate surface area is 142 Å². The molecule has 0 aliphatic rings. The summed E-state index contributed by atoms with van der Waals surface area (Å²) >= 11 is 0. The van der Waals surface area contributed by atoms with Gasteiger partial charge in [0.1, 0.15) is 6.04 Å². The van der Waals surface area contributed by atoms with E-state index in [1.165, 1.54) is 57.8 Å². The number of aliphatic hydroxyl groups excluding tert-OH is 1. The van der Waals surface area contributed by atoms with Crippen LogP contribution in [0.2, 0.25) is 0 Å². The van der Waals surface area contributed by atoms with Crippen molar-refractivity contribution in [3.8, 4) is 0 Å². The van der Waals surface area contributed by atoms with E-state index < -0.39 is 26.6 Å². The van der Waals surface area contributed by atoms with Crippen LogP contribution in [0.3, 0.4) is 0 Å². The minimum absolute atomic E-state index is 0.386. The summed E-state index contributed by atoms with van der Waals surface area (Å²) in [5.41, 5.74) is 5.28. The predicted octanol–water partition coefficient (Wildman–Crippen LogP) is 4.29. The summed E-state index contributed by atoms with van der Waals surface area (Å²) < 4.78 is 16.2. The van der Waals surface area contributed by atoms with E-state index in [4.69, 9.17) is 10.8 Å². The lowest BCUT2D eigenvalue weighted by Crippen LogP contribution is -2.34. The highest BCUT2D eigenvalue weighted by Crippen LogP contribution is 2.25. The van der Waals surface area contributed by atoms with E-state index in [-0.39, 0.29) is 0 Å². The molecule has 5 nitrogen and oxygen atoms in total. The molecule has 0 aromatic carbocycles. The van der Waals surface area contributed by atoms with Crippen molar-refractivity contribution in [3.63, 3.8) is 0 Å². The van der Waals surface area contributed by atoms with Crippen LogP contribution < -0.4 is 5.73 Å². The van der Waals surface area contributed by atoms with Crippen LogP contribution in [-0.4, -0.2) is 29.9 Å². The number of unbranched alkanes of at least 4 members (excludes halogenated alkanes) is 11. The van der Waals surface area contributed by atoms with Crippen molar-refractivity contribution in [2.45, 2.75) is 90.0 Å². The summed E-state index contributed by atoms with van der Waals surface area (Å²) in [7, 11) is -1.99. The molecule has 3 N–H and O–H groups in total. The molecule has 0 fully saturated rings. The topological polar surface area (TPSA) is 89.6 Å². The average molecular weight is 348 g/mol. The normalized spacial score (nSPS) is 12.9. The lowest BCUT2D eigenvalue weighted by atomic mass is 10.1. The molecule has 6 heteroatoms. The molecule has 23 heavy (non-hydrogen) atoms. The van der Waals surface area contributed by atoms with Crippen LogP contribution in [0.4, 0.5) is 0 Å².